The summed E-state index contributed by atoms with van der Waals surface area (Å²) >= 11 is 0. The third kappa shape index (κ3) is 3.67. The summed E-state index contributed by atoms with van der Waals surface area (Å²) in [5.74, 6) is 2.79. The van der Waals surface area contributed by atoms with Gasteiger partial charge >= 0.3 is 0 Å². The molecule has 25 heavy (non-hydrogen) atoms. The number of nitrogens with one attached hydrogen (secondary N) is 1. The van der Waals surface area contributed by atoms with E-state index >= 15 is 0 Å². The van der Waals surface area contributed by atoms with E-state index in [0.717, 1.165) is 29.6 Å². The van der Waals surface area contributed by atoms with Crippen molar-refractivity contribution in [1.82, 2.24) is 20.0 Å². The van der Waals surface area contributed by atoms with E-state index in [1.54, 1.807) is 7.11 Å². The van der Waals surface area contributed by atoms with Crippen LogP contribution in [0.4, 0.5) is 0 Å². The van der Waals surface area contributed by atoms with Crippen molar-refractivity contribution in [2.24, 2.45) is 11.8 Å². The molecule has 0 spiro atoms. The highest BCUT2D eigenvalue weighted by atomic mass is 16.5. The number of aromatic nitrogens is 2. The molecule has 0 aliphatic carbocycles. The van der Waals surface area contributed by atoms with Gasteiger partial charge in [-0.1, -0.05) is 0 Å². The SMILES string of the molecule is COc1ccc2n[nH]c(CN3CCC(C4CCN(C)CC4)CC3)c2c1. The second-order valence-corrected chi connectivity index (χ2v) is 7.84. The Hall–Kier alpha value is -1.59. The molecule has 136 valence electrons. The molecular formula is C20H30N4O. The van der Waals surface area contributed by atoms with Crippen molar-refractivity contribution in [3.05, 3.63) is 23.9 Å². The number of benzene rings is 1. The topological polar surface area (TPSA) is 44.4 Å². The number of ether oxygens (including phenoxy) is 1. The van der Waals surface area contributed by atoms with Gasteiger partial charge in [0.2, 0.25) is 0 Å². The molecule has 0 saturated carbocycles. The number of methoxy groups -OCH3 is 1. The molecule has 2 aromatic rings. The molecule has 3 heterocycles. The zero-order valence-electron chi connectivity index (χ0n) is 15.5. The predicted octanol–water partition coefficient (Wildman–Crippen LogP) is 3.13. The molecule has 0 bridgehead atoms. The second-order valence-electron chi connectivity index (χ2n) is 7.84. The van der Waals surface area contributed by atoms with Gasteiger partial charge in [-0.15, -0.1) is 0 Å². The van der Waals surface area contributed by atoms with Crippen molar-refractivity contribution >= 4 is 10.9 Å². The average Bonchev–Trinajstić information content (AvgIpc) is 3.05. The highest BCUT2D eigenvalue weighted by molar-refractivity contribution is 5.82. The van der Waals surface area contributed by atoms with Crippen molar-refractivity contribution in [2.75, 3.05) is 40.3 Å². The molecule has 0 amide bonds. The van der Waals surface area contributed by atoms with Gasteiger partial charge in [-0.25, -0.2) is 0 Å². The lowest BCUT2D eigenvalue weighted by atomic mass is 9.79. The van der Waals surface area contributed by atoms with Gasteiger partial charge in [0.15, 0.2) is 0 Å². The predicted molar refractivity (Wildman–Crippen MR) is 101 cm³/mol. The molecule has 4 rings (SSSR count). The van der Waals surface area contributed by atoms with E-state index in [0.29, 0.717) is 0 Å². The number of rotatable bonds is 4. The van der Waals surface area contributed by atoms with E-state index in [2.05, 4.69) is 33.1 Å². The van der Waals surface area contributed by atoms with Crippen molar-refractivity contribution < 1.29 is 4.74 Å². The van der Waals surface area contributed by atoms with Crippen LogP contribution in [0, 0.1) is 11.8 Å². The molecule has 0 unspecified atom stereocenters. The van der Waals surface area contributed by atoms with Crippen molar-refractivity contribution in [3.63, 3.8) is 0 Å². The standard InChI is InChI=1S/C20H30N4O/c1-23-9-5-15(6-10-23)16-7-11-24(12-8-16)14-20-18-13-17(25-2)3-4-19(18)21-22-20/h3-4,13,15-16H,5-12,14H2,1-2H3,(H,21,22). The van der Waals surface area contributed by atoms with Gasteiger partial charge in [-0.2, -0.15) is 5.10 Å². The Morgan fingerprint density at radius 1 is 1.08 bits per heavy atom. The Morgan fingerprint density at radius 3 is 2.44 bits per heavy atom. The molecule has 1 N–H and O–H groups in total. The smallest absolute Gasteiger partial charge is 0.119 e. The Labute approximate surface area is 150 Å². The molecule has 2 aliphatic rings. The van der Waals surface area contributed by atoms with Gasteiger partial charge in [0.25, 0.3) is 0 Å². The summed E-state index contributed by atoms with van der Waals surface area (Å²) in [5, 5.41) is 8.87. The van der Waals surface area contributed by atoms with Crippen LogP contribution in [0.1, 0.15) is 31.4 Å². The lowest BCUT2D eigenvalue weighted by Crippen LogP contribution is -2.39. The molecule has 1 aromatic carbocycles. The summed E-state index contributed by atoms with van der Waals surface area (Å²) in [5.41, 5.74) is 2.24. The number of aromatic amines is 1. The first-order chi connectivity index (χ1) is 12.2. The number of piperidine rings is 2. The summed E-state index contributed by atoms with van der Waals surface area (Å²) in [6, 6.07) is 6.10. The van der Waals surface area contributed by atoms with Gasteiger partial charge in [0.05, 0.1) is 18.3 Å². The van der Waals surface area contributed by atoms with Crippen LogP contribution in [0.25, 0.3) is 10.9 Å². The van der Waals surface area contributed by atoms with Crippen molar-refractivity contribution in [1.29, 1.82) is 0 Å². The van der Waals surface area contributed by atoms with E-state index in [4.69, 9.17) is 4.74 Å². The van der Waals surface area contributed by atoms with Gasteiger partial charge in [-0.05, 0) is 88.9 Å². The van der Waals surface area contributed by atoms with Gasteiger partial charge < -0.3 is 9.64 Å². The maximum atomic E-state index is 5.37. The zero-order valence-corrected chi connectivity index (χ0v) is 15.5. The molecule has 0 radical (unpaired) electrons. The van der Waals surface area contributed by atoms with E-state index in [1.165, 1.54) is 62.9 Å². The maximum Gasteiger partial charge on any atom is 0.119 e. The normalized spacial score (nSPS) is 21.8. The fourth-order valence-electron chi connectivity index (χ4n) is 4.60. The van der Waals surface area contributed by atoms with Gasteiger partial charge in [0, 0.05) is 11.9 Å². The van der Waals surface area contributed by atoms with E-state index in [-0.39, 0.29) is 0 Å². The maximum absolute atomic E-state index is 5.37. The minimum Gasteiger partial charge on any atom is -0.497 e. The van der Waals surface area contributed by atoms with Crippen LogP contribution in [-0.4, -0.2) is 60.3 Å². The average molecular weight is 342 g/mol. The summed E-state index contributed by atoms with van der Waals surface area (Å²) in [6.07, 6.45) is 5.49. The van der Waals surface area contributed by atoms with Crippen molar-refractivity contribution in [2.45, 2.75) is 32.2 Å². The largest absolute Gasteiger partial charge is 0.497 e. The second kappa shape index (κ2) is 7.34. The molecule has 2 aliphatic heterocycles. The zero-order chi connectivity index (χ0) is 17.2. The summed E-state index contributed by atoms with van der Waals surface area (Å²) in [4.78, 5) is 5.06. The molecule has 5 nitrogen and oxygen atoms in total. The molecule has 1 aromatic heterocycles. The minimum atomic E-state index is 0.899. The van der Waals surface area contributed by atoms with Crippen LogP contribution in [0.3, 0.4) is 0 Å². The molecule has 0 atom stereocenters. The number of likely N-dealkylation sites (tertiary alicyclic amines) is 2. The third-order valence-electron chi connectivity index (χ3n) is 6.28. The molecule has 2 fully saturated rings. The fraction of sp³-hybridized carbons (Fsp3) is 0.650. The van der Waals surface area contributed by atoms with Crippen LogP contribution in [-0.2, 0) is 6.54 Å². The van der Waals surface area contributed by atoms with Crippen LogP contribution in [0.2, 0.25) is 0 Å². The highest BCUT2D eigenvalue weighted by Crippen LogP contribution is 2.33. The first-order valence-electron chi connectivity index (χ1n) is 9.65. The van der Waals surface area contributed by atoms with Crippen LogP contribution in [0.15, 0.2) is 18.2 Å². The lowest BCUT2D eigenvalue weighted by Gasteiger charge is -2.39. The first kappa shape index (κ1) is 16.9. The highest BCUT2D eigenvalue weighted by Gasteiger charge is 2.29. The monoisotopic (exact) mass is 342 g/mol. The minimum absolute atomic E-state index is 0.899. The Kier molecular flexibility index (Phi) is 4.95. The van der Waals surface area contributed by atoms with Crippen LogP contribution < -0.4 is 4.74 Å². The van der Waals surface area contributed by atoms with E-state index in [1.807, 2.05) is 12.1 Å². The van der Waals surface area contributed by atoms with Crippen molar-refractivity contribution in [3.8, 4) is 5.75 Å². The number of fused-ring (bicyclic) bond motifs is 1. The van der Waals surface area contributed by atoms with Gasteiger partial charge in [-0.3, -0.25) is 10.00 Å². The Bertz CT molecular complexity index is 697. The summed E-state index contributed by atoms with van der Waals surface area (Å²) in [6.45, 7) is 5.95. The first-order valence-corrected chi connectivity index (χ1v) is 9.65. The Balaban J connectivity index is 1.36. The van der Waals surface area contributed by atoms with E-state index in [9.17, 15) is 0 Å². The lowest BCUT2D eigenvalue weighted by molar-refractivity contribution is 0.102. The number of H-pyrrole nitrogens is 1. The quantitative estimate of drug-likeness (QED) is 0.927. The number of hydrogen-bond donors (Lipinski definition) is 1. The Morgan fingerprint density at radius 2 is 1.76 bits per heavy atom. The van der Waals surface area contributed by atoms with Crippen LogP contribution >= 0.6 is 0 Å². The fourth-order valence-corrected chi connectivity index (χ4v) is 4.60. The van der Waals surface area contributed by atoms with E-state index < -0.39 is 0 Å². The molecule has 5 heteroatoms. The van der Waals surface area contributed by atoms with Crippen LogP contribution in [0.5, 0.6) is 5.75 Å². The molecule has 2 saturated heterocycles. The summed E-state index contributed by atoms with van der Waals surface area (Å²) < 4.78 is 5.37. The summed E-state index contributed by atoms with van der Waals surface area (Å²) in [7, 11) is 3.97. The number of nitrogens with zero attached hydrogens (tertiary/aromatic N) is 3. The third-order valence-corrected chi connectivity index (χ3v) is 6.28. The number of hydrogen-bond acceptors (Lipinski definition) is 4. The molecular weight excluding hydrogens is 312 g/mol. The van der Waals surface area contributed by atoms with Gasteiger partial charge in [0.1, 0.15) is 5.75 Å².